The molecule has 0 radical (unpaired) electrons. The molecule has 0 amide bonds. The molecule has 0 aromatic carbocycles. The van der Waals surface area contributed by atoms with Crippen LogP contribution in [0.15, 0.2) is 40.4 Å². The molecule has 1 unspecified atom stereocenters. The van der Waals surface area contributed by atoms with Gasteiger partial charge in [-0.3, -0.25) is 0 Å². The van der Waals surface area contributed by atoms with Gasteiger partial charge in [0, 0.05) is 11.6 Å². The van der Waals surface area contributed by atoms with Crippen LogP contribution in [0.2, 0.25) is 0 Å². The van der Waals surface area contributed by atoms with Gasteiger partial charge in [0.05, 0.1) is 17.1 Å². The highest BCUT2D eigenvalue weighted by Gasteiger charge is 2.49. The van der Waals surface area contributed by atoms with Gasteiger partial charge in [0.15, 0.2) is 0 Å². The fraction of sp³-hybridized carbons (Fsp3) is 0.562. The standard InChI is InChI=1S/C16H29N3O3Si/c1-9-13(5)16(8)19-22-23(12-4,20-17-14(6)10-2)21-18-15(7)11-3/h9,12-13H,1,4,10-11H2,2-3,5-8H3/b17-14-,18-15-,19-16+. The summed E-state index contributed by atoms with van der Waals surface area (Å²) in [5.41, 5.74) is 3.83. The molecule has 0 spiro atoms. The van der Waals surface area contributed by atoms with Crippen molar-refractivity contribution in [3.05, 3.63) is 24.9 Å². The van der Waals surface area contributed by atoms with Crippen LogP contribution in [0.4, 0.5) is 0 Å². The van der Waals surface area contributed by atoms with Gasteiger partial charge in [-0.05, 0) is 33.6 Å². The van der Waals surface area contributed by atoms with E-state index in [1.807, 2.05) is 41.5 Å². The molecule has 0 aliphatic carbocycles. The summed E-state index contributed by atoms with van der Waals surface area (Å²) in [5, 5.41) is 12.2. The Morgan fingerprint density at radius 1 is 0.957 bits per heavy atom. The molecule has 0 aliphatic rings. The Hall–Kier alpha value is -1.89. The summed E-state index contributed by atoms with van der Waals surface area (Å²) in [7, 11) is -3.38. The van der Waals surface area contributed by atoms with Crippen molar-refractivity contribution in [3.63, 3.8) is 0 Å². The molecule has 0 heterocycles. The van der Waals surface area contributed by atoms with E-state index in [9.17, 15) is 0 Å². The summed E-state index contributed by atoms with van der Waals surface area (Å²) in [6.07, 6.45) is 3.29. The number of allylic oxidation sites excluding steroid dienone is 1. The van der Waals surface area contributed by atoms with Gasteiger partial charge in [0.2, 0.25) is 0 Å². The summed E-state index contributed by atoms with van der Waals surface area (Å²) < 4.78 is 16.6. The van der Waals surface area contributed by atoms with E-state index in [0.717, 1.165) is 30.0 Å². The van der Waals surface area contributed by atoms with E-state index < -0.39 is 8.80 Å². The Labute approximate surface area is 140 Å². The molecule has 0 fully saturated rings. The molecule has 7 heteroatoms. The topological polar surface area (TPSA) is 64.8 Å². The highest BCUT2D eigenvalue weighted by molar-refractivity contribution is 6.66. The van der Waals surface area contributed by atoms with Gasteiger partial charge in [-0.2, -0.15) is 0 Å². The molecule has 23 heavy (non-hydrogen) atoms. The Kier molecular flexibility index (Phi) is 9.88. The van der Waals surface area contributed by atoms with E-state index in [0.29, 0.717) is 0 Å². The van der Waals surface area contributed by atoms with Crippen molar-refractivity contribution in [3.8, 4) is 0 Å². The molecule has 1 atom stereocenters. The summed E-state index contributed by atoms with van der Waals surface area (Å²) in [5.74, 6) is 0.0771. The highest BCUT2D eigenvalue weighted by Crippen LogP contribution is 2.15. The SMILES string of the molecule is C=CC(C)/C(C)=N/O[Si](C=C)(O/N=C(/C)CC)O/N=C(/C)CC. The van der Waals surface area contributed by atoms with E-state index in [2.05, 4.69) is 28.6 Å². The first-order valence-electron chi connectivity index (χ1n) is 7.76. The van der Waals surface area contributed by atoms with Crippen LogP contribution < -0.4 is 0 Å². The summed E-state index contributed by atoms with van der Waals surface area (Å²) in [6.45, 7) is 19.0. The van der Waals surface area contributed by atoms with Crippen LogP contribution in [0.5, 0.6) is 0 Å². The molecule has 0 saturated heterocycles. The molecule has 6 nitrogen and oxygen atoms in total. The highest BCUT2D eigenvalue weighted by atomic mass is 28.4. The van der Waals surface area contributed by atoms with Crippen LogP contribution in [-0.4, -0.2) is 25.9 Å². The lowest BCUT2D eigenvalue weighted by Crippen LogP contribution is -2.40. The molecular weight excluding hydrogens is 310 g/mol. The second-order valence-corrected chi connectivity index (χ2v) is 7.36. The summed E-state index contributed by atoms with van der Waals surface area (Å²) >= 11 is 0. The van der Waals surface area contributed by atoms with Gasteiger partial charge in [0.25, 0.3) is 0 Å². The predicted molar refractivity (Wildman–Crippen MR) is 98.5 cm³/mol. The first kappa shape index (κ1) is 21.1. The lowest BCUT2D eigenvalue weighted by Gasteiger charge is -2.19. The Balaban J connectivity index is 5.39. The Morgan fingerprint density at radius 2 is 1.39 bits per heavy atom. The minimum absolute atomic E-state index is 0.0771. The van der Waals surface area contributed by atoms with Crippen LogP contribution in [0.1, 0.15) is 54.4 Å². The molecule has 0 bridgehead atoms. The molecule has 0 aliphatic heterocycles. The average molecular weight is 340 g/mol. The Bertz CT molecular complexity index is 465. The lowest BCUT2D eigenvalue weighted by molar-refractivity contribution is 0.0783. The third-order valence-electron chi connectivity index (χ3n) is 3.26. The van der Waals surface area contributed by atoms with Crippen molar-refractivity contribution in [2.24, 2.45) is 21.4 Å². The predicted octanol–water partition coefficient (Wildman–Crippen LogP) is 4.47. The van der Waals surface area contributed by atoms with E-state index in [1.165, 1.54) is 5.70 Å². The average Bonchev–Trinajstić information content (AvgIpc) is 2.59. The van der Waals surface area contributed by atoms with Crippen LogP contribution in [0, 0.1) is 5.92 Å². The molecule has 0 saturated carbocycles. The number of hydrogen-bond donors (Lipinski definition) is 0. The van der Waals surface area contributed by atoms with Crippen molar-refractivity contribution in [2.75, 3.05) is 0 Å². The fourth-order valence-electron chi connectivity index (χ4n) is 0.963. The van der Waals surface area contributed by atoms with E-state index in [4.69, 9.17) is 13.6 Å². The van der Waals surface area contributed by atoms with Crippen molar-refractivity contribution in [2.45, 2.75) is 54.4 Å². The van der Waals surface area contributed by atoms with E-state index >= 15 is 0 Å². The molecule has 130 valence electrons. The fourth-order valence-corrected chi connectivity index (χ4v) is 2.12. The zero-order valence-corrected chi connectivity index (χ0v) is 16.1. The number of oxime groups is 3. The van der Waals surface area contributed by atoms with E-state index in [-0.39, 0.29) is 5.92 Å². The van der Waals surface area contributed by atoms with Gasteiger partial charge in [-0.1, -0.05) is 33.4 Å². The second-order valence-electron chi connectivity index (χ2n) is 5.20. The molecule has 0 aromatic rings. The maximum absolute atomic E-state index is 5.56. The van der Waals surface area contributed by atoms with Crippen molar-refractivity contribution < 1.29 is 13.6 Å². The molecular formula is C16H29N3O3Si. The van der Waals surface area contributed by atoms with Crippen LogP contribution >= 0.6 is 0 Å². The smallest absolute Gasteiger partial charge is 0.370 e. The summed E-state index contributed by atoms with van der Waals surface area (Å²) in [6, 6.07) is 0. The van der Waals surface area contributed by atoms with Crippen molar-refractivity contribution >= 4 is 25.9 Å². The second kappa shape index (κ2) is 10.8. The first-order valence-corrected chi connectivity index (χ1v) is 9.56. The quantitative estimate of drug-likeness (QED) is 0.241. The minimum atomic E-state index is -3.38. The molecule has 0 N–H and O–H groups in total. The van der Waals surface area contributed by atoms with Crippen LogP contribution in [0.3, 0.4) is 0 Å². The maximum Gasteiger partial charge on any atom is 0.791 e. The van der Waals surface area contributed by atoms with Gasteiger partial charge >= 0.3 is 8.80 Å². The van der Waals surface area contributed by atoms with Crippen molar-refractivity contribution in [1.82, 2.24) is 0 Å². The number of hydrogen-bond acceptors (Lipinski definition) is 6. The lowest BCUT2D eigenvalue weighted by atomic mass is 10.1. The van der Waals surface area contributed by atoms with Crippen LogP contribution in [-0.2, 0) is 13.6 Å². The molecule has 0 aromatic heterocycles. The minimum Gasteiger partial charge on any atom is -0.370 e. The van der Waals surface area contributed by atoms with Gasteiger partial charge in [-0.15, -0.1) is 22.0 Å². The zero-order chi connectivity index (χ0) is 17.9. The van der Waals surface area contributed by atoms with Crippen LogP contribution in [0.25, 0.3) is 0 Å². The number of rotatable bonds is 11. The van der Waals surface area contributed by atoms with E-state index in [1.54, 1.807) is 6.08 Å². The van der Waals surface area contributed by atoms with Crippen molar-refractivity contribution in [1.29, 1.82) is 0 Å². The first-order chi connectivity index (χ1) is 10.8. The normalized spacial score (nSPS) is 15.0. The maximum atomic E-state index is 5.56. The van der Waals surface area contributed by atoms with Gasteiger partial charge in [-0.25, -0.2) is 0 Å². The van der Waals surface area contributed by atoms with Gasteiger partial charge in [0.1, 0.15) is 0 Å². The third kappa shape index (κ3) is 7.78. The monoisotopic (exact) mass is 339 g/mol. The third-order valence-corrected chi connectivity index (χ3v) is 4.80. The van der Waals surface area contributed by atoms with Gasteiger partial charge < -0.3 is 13.6 Å². The largest absolute Gasteiger partial charge is 0.791 e. The zero-order valence-electron chi connectivity index (χ0n) is 15.1. The Morgan fingerprint density at radius 3 is 1.74 bits per heavy atom. The number of nitrogens with zero attached hydrogens (tertiary/aromatic N) is 3. The summed E-state index contributed by atoms with van der Waals surface area (Å²) in [4.78, 5) is 0. The molecule has 0 rings (SSSR count).